The third-order valence-electron chi connectivity index (χ3n) is 2.30. The zero-order valence-corrected chi connectivity index (χ0v) is 9.39. The van der Waals surface area contributed by atoms with Crippen LogP contribution in [0.2, 0.25) is 0 Å². The monoisotopic (exact) mass is 251 g/mol. The molecule has 1 N–H and O–H groups in total. The first kappa shape index (κ1) is 9.46. The van der Waals surface area contributed by atoms with Crippen LogP contribution in [0, 0.1) is 0 Å². The summed E-state index contributed by atoms with van der Waals surface area (Å²) in [6.45, 7) is 0. The Kier molecular flexibility index (Phi) is 2.42. The molecule has 1 amide bonds. The number of nitrogens with one attached hydrogen (secondary N) is 1. The van der Waals surface area contributed by atoms with E-state index in [0.717, 1.165) is 12.0 Å². The largest absolute Gasteiger partial charge is 0.355 e. The molecule has 1 aliphatic carbocycles. The van der Waals surface area contributed by atoms with E-state index in [2.05, 4.69) is 27.3 Å². The number of rotatable bonds is 1. The van der Waals surface area contributed by atoms with Gasteiger partial charge in [-0.25, -0.2) is 0 Å². The first-order valence-corrected chi connectivity index (χ1v) is 5.21. The van der Waals surface area contributed by atoms with Gasteiger partial charge in [-0.3, -0.25) is 4.79 Å². The second-order valence-electron chi connectivity index (χ2n) is 3.26. The normalized spacial score (nSPS) is 13.4. The van der Waals surface area contributed by atoms with Crippen LogP contribution < -0.4 is 5.32 Å². The molecule has 3 heteroatoms. The first-order valence-electron chi connectivity index (χ1n) is 4.42. The Labute approximate surface area is 91.1 Å². The molecule has 0 radical (unpaired) electrons. The number of carbonyl (C=O) groups is 1. The van der Waals surface area contributed by atoms with Gasteiger partial charge >= 0.3 is 0 Å². The van der Waals surface area contributed by atoms with Crippen LogP contribution in [0.25, 0.3) is 6.08 Å². The molecule has 2 rings (SSSR count). The minimum atomic E-state index is -0.0316. The van der Waals surface area contributed by atoms with E-state index in [1.165, 1.54) is 15.6 Å². The van der Waals surface area contributed by atoms with Gasteiger partial charge < -0.3 is 5.32 Å². The summed E-state index contributed by atoms with van der Waals surface area (Å²) in [6, 6.07) is 5.77. The van der Waals surface area contributed by atoms with Gasteiger partial charge in [-0.2, -0.15) is 0 Å². The Morgan fingerprint density at radius 1 is 1.50 bits per heavy atom. The lowest BCUT2D eigenvalue weighted by Gasteiger charge is -2.02. The van der Waals surface area contributed by atoms with E-state index in [9.17, 15) is 4.79 Å². The number of halogens is 1. The first-order chi connectivity index (χ1) is 6.70. The average Bonchev–Trinajstić information content (AvgIpc) is 2.55. The highest BCUT2D eigenvalue weighted by atomic mass is 79.9. The van der Waals surface area contributed by atoms with Gasteiger partial charge in [0, 0.05) is 23.5 Å². The standard InChI is InChI=1S/C11H10BrNO/c1-13-11(14)8-3-2-7-5-10(12)6-9(7)4-8/h2-5H,6H2,1H3,(H,13,14). The average molecular weight is 252 g/mol. The molecule has 1 aromatic carbocycles. The van der Waals surface area contributed by atoms with Gasteiger partial charge in [0.1, 0.15) is 0 Å². The van der Waals surface area contributed by atoms with Gasteiger partial charge in [0.15, 0.2) is 0 Å². The number of benzene rings is 1. The molecule has 72 valence electrons. The van der Waals surface area contributed by atoms with Crippen molar-refractivity contribution in [2.24, 2.45) is 0 Å². The molecule has 0 aromatic heterocycles. The number of hydrogen-bond acceptors (Lipinski definition) is 1. The predicted octanol–water partition coefficient (Wildman–Crippen LogP) is 2.34. The quantitative estimate of drug-likeness (QED) is 0.816. The summed E-state index contributed by atoms with van der Waals surface area (Å²) >= 11 is 3.46. The van der Waals surface area contributed by atoms with E-state index in [1.807, 2.05) is 18.2 Å². The third kappa shape index (κ3) is 1.60. The zero-order chi connectivity index (χ0) is 10.1. The maximum atomic E-state index is 11.4. The summed E-state index contributed by atoms with van der Waals surface area (Å²) in [5.41, 5.74) is 3.13. The van der Waals surface area contributed by atoms with Crippen LogP contribution in [0.1, 0.15) is 21.5 Å². The minimum absolute atomic E-state index is 0.0316. The lowest BCUT2D eigenvalue weighted by Crippen LogP contribution is -2.17. The summed E-state index contributed by atoms with van der Waals surface area (Å²) in [7, 11) is 1.64. The molecular weight excluding hydrogens is 242 g/mol. The summed E-state index contributed by atoms with van der Waals surface area (Å²) < 4.78 is 1.17. The van der Waals surface area contributed by atoms with Crippen LogP contribution in [0.3, 0.4) is 0 Å². The van der Waals surface area contributed by atoms with Crippen molar-refractivity contribution in [1.82, 2.24) is 5.32 Å². The smallest absolute Gasteiger partial charge is 0.251 e. The van der Waals surface area contributed by atoms with E-state index in [0.29, 0.717) is 0 Å². The van der Waals surface area contributed by atoms with E-state index in [4.69, 9.17) is 0 Å². The molecular formula is C11H10BrNO. The molecule has 0 aliphatic heterocycles. The molecule has 0 unspecified atom stereocenters. The van der Waals surface area contributed by atoms with E-state index in [-0.39, 0.29) is 5.91 Å². The SMILES string of the molecule is CNC(=O)c1ccc2c(c1)CC(Br)=C2. The van der Waals surface area contributed by atoms with Crippen molar-refractivity contribution >= 4 is 27.9 Å². The molecule has 0 saturated carbocycles. The van der Waals surface area contributed by atoms with Crippen molar-refractivity contribution in [3.8, 4) is 0 Å². The van der Waals surface area contributed by atoms with Gasteiger partial charge in [0.25, 0.3) is 5.91 Å². The fraction of sp³-hybridized carbons (Fsp3) is 0.182. The zero-order valence-electron chi connectivity index (χ0n) is 7.80. The molecule has 0 heterocycles. The van der Waals surface area contributed by atoms with E-state index in [1.54, 1.807) is 7.05 Å². The minimum Gasteiger partial charge on any atom is -0.355 e. The highest BCUT2D eigenvalue weighted by molar-refractivity contribution is 9.11. The Morgan fingerprint density at radius 2 is 2.29 bits per heavy atom. The van der Waals surface area contributed by atoms with Crippen molar-refractivity contribution in [3.05, 3.63) is 39.4 Å². The van der Waals surface area contributed by atoms with Gasteiger partial charge in [0.2, 0.25) is 0 Å². The molecule has 0 bridgehead atoms. The summed E-state index contributed by atoms with van der Waals surface area (Å²) in [6.07, 6.45) is 2.98. The lowest BCUT2D eigenvalue weighted by atomic mass is 10.1. The molecule has 0 spiro atoms. The fourth-order valence-electron chi connectivity index (χ4n) is 1.59. The Balaban J connectivity index is 2.37. The van der Waals surface area contributed by atoms with Crippen LogP contribution in [-0.2, 0) is 6.42 Å². The molecule has 0 fully saturated rings. The van der Waals surface area contributed by atoms with Crippen molar-refractivity contribution < 1.29 is 4.79 Å². The van der Waals surface area contributed by atoms with Crippen LogP contribution in [0.15, 0.2) is 22.7 Å². The molecule has 1 aromatic rings. The molecule has 0 atom stereocenters. The van der Waals surface area contributed by atoms with Gasteiger partial charge in [-0.15, -0.1) is 0 Å². The summed E-state index contributed by atoms with van der Waals surface area (Å²) in [4.78, 5) is 11.4. The van der Waals surface area contributed by atoms with Crippen molar-refractivity contribution in [3.63, 3.8) is 0 Å². The van der Waals surface area contributed by atoms with Crippen LogP contribution in [0.5, 0.6) is 0 Å². The van der Waals surface area contributed by atoms with E-state index < -0.39 is 0 Å². The molecule has 14 heavy (non-hydrogen) atoms. The molecule has 2 nitrogen and oxygen atoms in total. The Hall–Kier alpha value is -1.09. The predicted molar refractivity (Wildman–Crippen MR) is 60.4 cm³/mol. The second kappa shape index (κ2) is 3.58. The van der Waals surface area contributed by atoms with Crippen molar-refractivity contribution in [2.45, 2.75) is 6.42 Å². The number of hydrogen-bond donors (Lipinski definition) is 1. The highest BCUT2D eigenvalue weighted by Crippen LogP contribution is 2.28. The van der Waals surface area contributed by atoms with Gasteiger partial charge in [0.05, 0.1) is 0 Å². The number of fused-ring (bicyclic) bond motifs is 1. The van der Waals surface area contributed by atoms with Gasteiger partial charge in [-0.05, 0) is 29.3 Å². The summed E-state index contributed by atoms with van der Waals surface area (Å²) in [5, 5.41) is 2.62. The maximum Gasteiger partial charge on any atom is 0.251 e. The number of carbonyl (C=O) groups excluding carboxylic acids is 1. The third-order valence-corrected chi connectivity index (χ3v) is 2.81. The maximum absolute atomic E-state index is 11.4. The number of allylic oxidation sites excluding steroid dienone is 1. The fourth-order valence-corrected chi connectivity index (χ4v) is 2.14. The van der Waals surface area contributed by atoms with Crippen molar-refractivity contribution in [1.29, 1.82) is 0 Å². The van der Waals surface area contributed by atoms with E-state index >= 15 is 0 Å². The van der Waals surface area contributed by atoms with Crippen LogP contribution in [0.4, 0.5) is 0 Å². The summed E-state index contributed by atoms with van der Waals surface area (Å²) in [5.74, 6) is -0.0316. The molecule has 1 aliphatic rings. The number of amides is 1. The van der Waals surface area contributed by atoms with Crippen LogP contribution >= 0.6 is 15.9 Å². The Bertz CT molecular complexity index is 423. The topological polar surface area (TPSA) is 29.1 Å². The van der Waals surface area contributed by atoms with Crippen molar-refractivity contribution in [2.75, 3.05) is 7.05 Å². The Morgan fingerprint density at radius 3 is 3.00 bits per heavy atom. The molecule has 0 saturated heterocycles. The van der Waals surface area contributed by atoms with Gasteiger partial charge in [-0.1, -0.05) is 22.0 Å². The highest BCUT2D eigenvalue weighted by Gasteiger charge is 2.12. The second-order valence-corrected chi connectivity index (χ2v) is 4.28. The lowest BCUT2D eigenvalue weighted by molar-refractivity contribution is 0.0963. The van der Waals surface area contributed by atoms with Crippen LogP contribution in [-0.4, -0.2) is 13.0 Å².